The van der Waals surface area contributed by atoms with Crippen molar-refractivity contribution in [2.24, 2.45) is 0 Å². The largest absolute Gasteiger partial charge is 0.388 e. The average molecular weight is 309 g/mol. The van der Waals surface area contributed by atoms with Gasteiger partial charge in [-0.15, -0.1) is 0 Å². The van der Waals surface area contributed by atoms with Gasteiger partial charge in [0.2, 0.25) is 0 Å². The Labute approximate surface area is 137 Å². The Hall–Kier alpha value is -1.97. The van der Waals surface area contributed by atoms with Crippen LogP contribution in [0.4, 0.5) is 0 Å². The maximum Gasteiger partial charge on any atom is 0.179 e. The fourth-order valence-corrected chi connectivity index (χ4v) is 3.30. The van der Waals surface area contributed by atoms with Crippen molar-refractivity contribution in [3.63, 3.8) is 0 Å². The molecule has 3 nitrogen and oxygen atoms in total. The first-order chi connectivity index (χ1) is 11.2. The first-order valence-corrected chi connectivity index (χ1v) is 8.32. The number of piperidine rings is 1. The Morgan fingerprint density at radius 3 is 2.39 bits per heavy atom. The molecular formula is C20H23NO2. The van der Waals surface area contributed by atoms with Gasteiger partial charge in [-0.05, 0) is 31.2 Å². The van der Waals surface area contributed by atoms with Gasteiger partial charge in [-0.1, -0.05) is 60.7 Å². The van der Waals surface area contributed by atoms with E-state index in [9.17, 15) is 9.90 Å². The number of aliphatic hydroxyl groups excluding tert-OH is 1. The summed E-state index contributed by atoms with van der Waals surface area (Å²) in [6.45, 7) is 0. The van der Waals surface area contributed by atoms with Gasteiger partial charge in [0.1, 0.15) is 0 Å². The summed E-state index contributed by atoms with van der Waals surface area (Å²) in [6, 6.07) is 19.2. The zero-order valence-electron chi connectivity index (χ0n) is 13.2. The molecule has 1 heterocycles. The molecule has 2 aromatic carbocycles. The molecule has 0 bridgehead atoms. The monoisotopic (exact) mass is 309 g/mol. The molecule has 0 aliphatic carbocycles. The molecule has 1 aliphatic heterocycles. The molecule has 3 rings (SSSR count). The van der Waals surface area contributed by atoms with Gasteiger partial charge in [0.15, 0.2) is 5.78 Å². The van der Waals surface area contributed by atoms with Crippen LogP contribution in [0.25, 0.3) is 0 Å². The van der Waals surface area contributed by atoms with Crippen molar-refractivity contribution in [1.29, 1.82) is 0 Å². The SMILES string of the molecule is O=C(c1ccccc1)[C@H]1CCC[C@@H](C[C@@H](O)c2ccccc2)N1. The van der Waals surface area contributed by atoms with Gasteiger partial charge in [0.25, 0.3) is 0 Å². The highest BCUT2D eigenvalue weighted by molar-refractivity contribution is 6.00. The lowest BCUT2D eigenvalue weighted by Gasteiger charge is -2.31. The number of hydrogen-bond donors (Lipinski definition) is 2. The molecule has 0 saturated carbocycles. The Morgan fingerprint density at radius 2 is 1.70 bits per heavy atom. The predicted molar refractivity (Wildman–Crippen MR) is 91.4 cm³/mol. The van der Waals surface area contributed by atoms with E-state index in [1.165, 1.54) is 0 Å². The molecule has 3 heteroatoms. The zero-order chi connectivity index (χ0) is 16.1. The number of rotatable bonds is 5. The Bertz CT molecular complexity index is 627. The van der Waals surface area contributed by atoms with Crippen molar-refractivity contribution in [3.05, 3.63) is 71.8 Å². The van der Waals surface area contributed by atoms with E-state index in [1.54, 1.807) is 0 Å². The van der Waals surface area contributed by atoms with Crippen LogP contribution in [0.15, 0.2) is 60.7 Å². The standard InChI is InChI=1S/C20H23NO2/c22-19(15-8-3-1-4-9-15)14-17-12-7-13-18(21-17)20(23)16-10-5-2-6-11-16/h1-6,8-11,17-19,21-22H,7,12-14H2/t17-,18+,19+/m0/s1. The summed E-state index contributed by atoms with van der Waals surface area (Å²) >= 11 is 0. The molecule has 2 aromatic rings. The molecular weight excluding hydrogens is 286 g/mol. The molecule has 0 amide bonds. The summed E-state index contributed by atoms with van der Waals surface area (Å²) < 4.78 is 0. The van der Waals surface area contributed by atoms with E-state index in [1.807, 2.05) is 60.7 Å². The van der Waals surface area contributed by atoms with Crippen molar-refractivity contribution in [3.8, 4) is 0 Å². The third-order valence-electron chi connectivity index (χ3n) is 4.55. The number of benzene rings is 2. The van der Waals surface area contributed by atoms with E-state index in [-0.39, 0.29) is 17.9 Å². The van der Waals surface area contributed by atoms with Gasteiger partial charge in [-0.3, -0.25) is 4.79 Å². The van der Waals surface area contributed by atoms with Crippen LogP contribution >= 0.6 is 0 Å². The lowest BCUT2D eigenvalue weighted by molar-refractivity contribution is 0.0882. The number of carbonyl (C=O) groups excluding carboxylic acids is 1. The quantitative estimate of drug-likeness (QED) is 0.831. The van der Waals surface area contributed by atoms with Crippen LogP contribution in [-0.2, 0) is 0 Å². The number of carbonyl (C=O) groups is 1. The second-order valence-electron chi connectivity index (χ2n) is 6.24. The van der Waals surface area contributed by atoms with E-state index in [4.69, 9.17) is 0 Å². The van der Waals surface area contributed by atoms with E-state index in [0.29, 0.717) is 6.42 Å². The van der Waals surface area contributed by atoms with E-state index in [2.05, 4.69) is 5.32 Å². The normalized spacial score (nSPS) is 22.5. The molecule has 23 heavy (non-hydrogen) atoms. The minimum atomic E-state index is -0.487. The number of aliphatic hydroxyl groups is 1. The van der Waals surface area contributed by atoms with Gasteiger partial charge in [0.05, 0.1) is 12.1 Å². The third-order valence-corrected chi connectivity index (χ3v) is 4.55. The molecule has 0 aromatic heterocycles. The van der Waals surface area contributed by atoms with Crippen molar-refractivity contribution in [2.45, 2.75) is 43.9 Å². The Balaban J connectivity index is 1.61. The molecule has 2 N–H and O–H groups in total. The smallest absolute Gasteiger partial charge is 0.179 e. The van der Waals surface area contributed by atoms with Crippen molar-refractivity contribution >= 4 is 5.78 Å². The number of ketones is 1. The van der Waals surface area contributed by atoms with Crippen LogP contribution < -0.4 is 5.32 Å². The fourth-order valence-electron chi connectivity index (χ4n) is 3.30. The zero-order valence-corrected chi connectivity index (χ0v) is 13.2. The first kappa shape index (κ1) is 15.9. The van der Waals surface area contributed by atoms with Crippen LogP contribution in [-0.4, -0.2) is 23.0 Å². The fraction of sp³-hybridized carbons (Fsp3) is 0.350. The minimum Gasteiger partial charge on any atom is -0.388 e. The number of hydrogen-bond acceptors (Lipinski definition) is 3. The summed E-state index contributed by atoms with van der Waals surface area (Å²) in [5.74, 6) is 0.157. The maximum absolute atomic E-state index is 12.6. The minimum absolute atomic E-state index is 0.140. The summed E-state index contributed by atoms with van der Waals surface area (Å²) in [5, 5.41) is 13.8. The average Bonchev–Trinajstić information content (AvgIpc) is 2.63. The van der Waals surface area contributed by atoms with Crippen molar-refractivity contribution in [1.82, 2.24) is 5.32 Å². The molecule has 0 radical (unpaired) electrons. The van der Waals surface area contributed by atoms with Crippen LogP contribution in [0.1, 0.15) is 47.7 Å². The van der Waals surface area contributed by atoms with Gasteiger partial charge in [-0.25, -0.2) is 0 Å². The highest BCUT2D eigenvalue weighted by Crippen LogP contribution is 2.24. The number of nitrogens with one attached hydrogen (secondary N) is 1. The van der Waals surface area contributed by atoms with Crippen LogP contribution in [0.3, 0.4) is 0 Å². The van der Waals surface area contributed by atoms with Gasteiger partial charge < -0.3 is 10.4 Å². The highest BCUT2D eigenvalue weighted by atomic mass is 16.3. The van der Waals surface area contributed by atoms with E-state index in [0.717, 1.165) is 30.4 Å². The van der Waals surface area contributed by atoms with E-state index < -0.39 is 6.10 Å². The highest BCUT2D eigenvalue weighted by Gasteiger charge is 2.28. The van der Waals surface area contributed by atoms with Crippen LogP contribution in [0.5, 0.6) is 0 Å². The molecule has 1 aliphatic rings. The van der Waals surface area contributed by atoms with Gasteiger partial charge in [0, 0.05) is 11.6 Å². The summed E-state index contributed by atoms with van der Waals surface area (Å²) in [7, 11) is 0. The molecule has 0 spiro atoms. The lowest BCUT2D eigenvalue weighted by atomic mass is 9.89. The number of Topliss-reactive ketones (excluding diaryl/α,β-unsaturated/α-hetero) is 1. The van der Waals surface area contributed by atoms with Crippen LogP contribution in [0.2, 0.25) is 0 Å². The van der Waals surface area contributed by atoms with Crippen LogP contribution in [0, 0.1) is 0 Å². The summed E-state index contributed by atoms with van der Waals surface area (Å²) in [5.41, 5.74) is 1.69. The first-order valence-electron chi connectivity index (χ1n) is 8.32. The summed E-state index contributed by atoms with van der Waals surface area (Å²) in [4.78, 5) is 12.6. The van der Waals surface area contributed by atoms with E-state index >= 15 is 0 Å². The molecule has 1 saturated heterocycles. The third kappa shape index (κ3) is 4.06. The molecule has 3 atom stereocenters. The topological polar surface area (TPSA) is 49.3 Å². The lowest BCUT2D eigenvalue weighted by Crippen LogP contribution is -2.47. The van der Waals surface area contributed by atoms with Crippen molar-refractivity contribution < 1.29 is 9.90 Å². The molecule has 1 fully saturated rings. The Kier molecular flexibility index (Phi) is 5.21. The molecule has 0 unspecified atom stereocenters. The van der Waals surface area contributed by atoms with Gasteiger partial charge >= 0.3 is 0 Å². The van der Waals surface area contributed by atoms with Crippen molar-refractivity contribution in [2.75, 3.05) is 0 Å². The predicted octanol–water partition coefficient (Wildman–Crippen LogP) is 3.50. The second-order valence-corrected chi connectivity index (χ2v) is 6.24. The Morgan fingerprint density at radius 1 is 1.04 bits per heavy atom. The summed E-state index contributed by atoms with van der Waals surface area (Å²) in [6.07, 6.45) is 3.04. The molecule has 120 valence electrons. The second kappa shape index (κ2) is 7.53. The maximum atomic E-state index is 12.6. The van der Waals surface area contributed by atoms with Gasteiger partial charge in [-0.2, -0.15) is 0 Å².